The Balaban J connectivity index is 2.19. The molecule has 9 heteroatoms. The molecular weight excluding hydrogens is 390 g/mol. The molecule has 8 nitrogen and oxygen atoms in total. The normalized spacial score (nSPS) is 11.4. The summed E-state index contributed by atoms with van der Waals surface area (Å²) >= 11 is 5.28. The summed E-state index contributed by atoms with van der Waals surface area (Å²) in [6.07, 6.45) is 1.24. The number of nitrogens with zero attached hydrogens (tertiary/aromatic N) is 5. The number of para-hydroxylation sites is 1. The van der Waals surface area contributed by atoms with Gasteiger partial charge in [-0.2, -0.15) is 0 Å². The highest BCUT2D eigenvalue weighted by Gasteiger charge is 2.17. The first kappa shape index (κ1) is 20.5. The predicted octanol–water partition coefficient (Wildman–Crippen LogP) is 2.67. The SMILES string of the molecule is CCn1c(O)c(C=Nc2c(C)n(C)n(-c3ccccc3)c2=O)c(=O)n(CC)c1=S. The largest absolute Gasteiger partial charge is 0.494 e. The first-order valence-electron chi connectivity index (χ1n) is 9.28. The van der Waals surface area contributed by atoms with Crippen LogP contribution in [0.15, 0.2) is 44.9 Å². The molecule has 152 valence electrons. The zero-order valence-corrected chi connectivity index (χ0v) is 17.6. The highest BCUT2D eigenvalue weighted by molar-refractivity contribution is 7.71. The maximum atomic E-state index is 13.0. The van der Waals surface area contributed by atoms with Gasteiger partial charge in [0.15, 0.2) is 10.5 Å². The maximum Gasteiger partial charge on any atom is 0.297 e. The van der Waals surface area contributed by atoms with Crippen molar-refractivity contribution in [2.24, 2.45) is 12.0 Å². The Bertz CT molecular complexity index is 1260. The van der Waals surface area contributed by atoms with Crippen molar-refractivity contribution >= 4 is 24.1 Å². The van der Waals surface area contributed by atoms with Gasteiger partial charge in [0.2, 0.25) is 5.88 Å². The monoisotopic (exact) mass is 413 g/mol. The van der Waals surface area contributed by atoms with Crippen LogP contribution in [0.5, 0.6) is 5.88 Å². The van der Waals surface area contributed by atoms with Gasteiger partial charge in [0.1, 0.15) is 5.56 Å². The van der Waals surface area contributed by atoms with Gasteiger partial charge in [0.05, 0.1) is 11.4 Å². The number of benzene rings is 1. The Morgan fingerprint density at radius 2 is 1.69 bits per heavy atom. The summed E-state index contributed by atoms with van der Waals surface area (Å²) in [5.41, 5.74) is 0.778. The van der Waals surface area contributed by atoms with Gasteiger partial charge in [-0.1, -0.05) is 18.2 Å². The van der Waals surface area contributed by atoms with Crippen LogP contribution in [0.4, 0.5) is 5.69 Å². The maximum absolute atomic E-state index is 13.0. The van der Waals surface area contributed by atoms with Crippen LogP contribution >= 0.6 is 12.2 Å². The second-order valence-corrected chi connectivity index (χ2v) is 6.85. The molecule has 0 saturated carbocycles. The molecule has 1 aromatic carbocycles. The Kier molecular flexibility index (Phi) is 5.69. The van der Waals surface area contributed by atoms with Crippen LogP contribution in [0.3, 0.4) is 0 Å². The van der Waals surface area contributed by atoms with Gasteiger partial charge in [0.25, 0.3) is 11.1 Å². The number of aromatic hydroxyl groups is 1. The third kappa shape index (κ3) is 3.38. The van der Waals surface area contributed by atoms with E-state index in [1.807, 2.05) is 37.3 Å². The molecule has 3 rings (SSSR count). The van der Waals surface area contributed by atoms with Crippen molar-refractivity contribution in [3.8, 4) is 11.6 Å². The molecule has 2 aromatic heterocycles. The summed E-state index contributed by atoms with van der Waals surface area (Å²) in [4.78, 5) is 30.0. The van der Waals surface area contributed by atoms with Gasteiger partial charge in [-0.3, -0.25) is 23.4 Å². The van der Waals surface area contributed by atoms with Gasteiger partial charge >= 0.3 is 0 Å². The fourth-order valence-corrected chi connectivity index (χ4v) is 3.65. The van der Waals surface area contributed by atoms with Crippen molar-refractivity contribution in [1.82, 2.24) is 18.5 Å². The van der Waals surface area contributed by atoms with E-state index in [0.29, 0.717) is 24.5 Å². The average Bonchev–Trinajstić information content (AvgIpc) is 2.92. The summed E-state index contributed by atoms with van der Waals surface area (Å²) in [7, 11) is 1.77. The summed E-state index contributed by atoms with van der Waals surface area (Å²) in [5, 5.41) is 10.5. The first-order chi connectivity index (χ1) is 13.8. The van der Waals surface area contributed by atoms with Gasteiger partial charge in [0, 0.05) is 26.4 Å². The second-order valence-electron chi connectivity index (χ2n) is 6.48. The van der Waals surface area contributed by atoms with E-state index in [4.69, 9.17) is 12.2 Å². The fraction of sp³-hybridized carbons (Fsp3) is 0.300. The van der Waals surface area contributed by atoms with Crippen molar-refractivity contribution in [3.63, 3.8) is 0 Å². The highest BCUT2D eigenvalue weighted by Crippen LogP contribution is 2.18. The summed E-state index contributed by atoms with van der Waals surface area (Å²) < 4.78 is 6.30. The minimum atomic E-state index is -0.444. The zero-order chi connectivity index (χ0) is 21.3. The molecule has 0 radical (unpaired) electrons. The van der Waals surface area contributed by atoms with E-state index < -0.39 is 5.56 Å². The molecule has 0 aliphatic heterocycles. The standard InChI is InChI=1S/C20H23N5O3S/c1-5-23-17(26)15(18(27)24(6-2)20(23)29)12-21-16-13(3)22(4)25(19(16)28)14-10-8-7-9-11-14/h7-12,26H,5-6H2,1-4H3. The minimum Gasteiger partial charge on any atom is -0.494 e. The van der Waals surface area contributed by atoms with Crippen molar-refractivity contribution in [2.45, 2.75) is 33.9 Å². The lowest BCUT2D eigenvalue weighted by atomic mass is 10.3. The van der Waals surface area contributed by atoms with Crippen LogP contribution in [0.25, 0.3) is 5.69 Å². The van der Waals surface area contributed by atoms with Gasteiger partial charge in [-0.15, -0.1) is 0 Å². The molecule has 0 saturated heterocycles. The number of aliphatic imine (C=N–C) groups is 1. The van der Waals surface area contributed by atoms with Crippen molar-refractivity contribution in [2.75, 3.05) is 0 Å². The number of rotatable bonds is 5. The third-order valence-electron chi connectivity index (χ3n) is 4.91. The lowest BCUT2D eigenvalue weighted by Gasteiger charge is -2.13. The van der Waals surface area contributed by atoms with E-state index in [1.165, 1.54) is 20.0 Å². The Hall–Kier alpha value is -3.20. The predicted molar refractivity (Wildman–Crippen MR) is 116 cm³/mol. The number of hydrogen-bond acceptors (Lipinski definition) is 5. The number of hydrogen-bond donors (Lipinski definition) is 1. The van der Waals surface area contributed by atoms with Crippen LogP contribution in [0.2, 0.25) is 0 Å². The van der Waals surface area contributed by atoms with Gasteiger partial charge in [-0.25, -0.2) is 9.67 Å². The molecule has 0 bridgehead atoms. The molecule has 0 aliphatic rings. The minimum absolute atomic E-state index is 0.00351. The van der Waals surface area contributed by atoms with Gasteiger partial charge < -0.3 is 5.11 Å². The smallest absolute Gasteiger partial charge is 0.297 e. The van der Waals surface area contributed by atoms with Crippen LogP contribution < -0.4 is 11.1 Å². The third-order valence-corrected chi connectivity index (χ3v) is 5.35. The van der Waals surface area contributed by atoms with Crippen LogP contribution in [0.1, 0.15) is 25.1 Å². The molecule has 2 heterocycles. The Morgan fingerprint density at radius 3 is 2.28 bits per heavy atom. The lowest BCUT2D eigenvalue weighted by Crippen LogP contribution is -2.28. The van der Waals surface area contributed by atoms with Crippen molar-refractivity contribution in [3.05, 3.63) is 67.1 Å². The van der Waals surface area contributed by atoms with E-state index in [0.717, 1.165) is 0 Å². The first-order valence-corrected chi connectivity index (χ1v) is 9.68. The average molecular weight is 414 g/mol. The molecule has 1 N–H and O–H groups in total. The quantitative estimate of drug-likeness (QED) is 0.515. The van der Waals surface area contributed by atoms with Crippen LogP contribution in [-0.4, -0.2) is 29.8 Å². The summed E-state index contributed by atoms with van der Waals surface area (Å²) in [6, 6.07) is 9.21. The van der Waals surface area contributed by atoms with E-state index in [9.17, 15) is 14.7 Å². The lowest BCUT2D eigenvalue weighted by molar-refractivity contribution is 0.399. The van der Waals surface area contributed by atoms with E-state index >= 15 is 0 Å². The van der Waals surface area contributed by atoms with Crippen LogP contribution in [-0.2, 0) is 20.1 Å². The van der Waals surface area contributed by atoms with Crippen molar-refractivity contribution < 1.29 is 5.11 Å². The molecular formula is C20H23N5O3S. The number of aromatic nitrogens is 4. The fourth-order valence-electron chi connectivity index (χ4n) is 3.22. The summed E-state index contributed by atoms with van der Waals surface area (Å²) in [5.74, 6) is -0.257. The van der Waals surface area contributed by atoms with Crippen LogP contribution in [0, 0.1) is 11.7 Å². The zero-order valence-electron chi connectivity index (χ0n) is 16.8. The van der Waals surface area contributed by atoms with E-state index in [-0.39, 0.29) is 27.5 Å². The topological polar surface area (TPSA) is 86.4 Å². The van der Waals surface area contributed by atoms with Crippen molar-refractivity contribution in [1.29, 1.82) is 0 Å². The molecule has 0 spiro atoms. The Morgan fingerprint density at radius 1 is 1.07 bits per heavy atom. The molecule has 0 unspecified atom stereocenters. The Labute approximate surface area is 172 Å². The molecule has 0 fully saturated rings. The molecule has 3 aromatic rings. The second kappa shape index (κ2) is 8.04. The van der Waals surface area contributed by atoms with E-state index in [1.54, 1.807) is 25.6 Å². The molecule has 0 amide bonds. The molecule has 0 aliphatic carbocycles. The van der Waals surface area contributed by atoms with E-state index in [2.05, 4.69) is 4.99 Å². The highest BCUT2D eigenvalue weighted by atomic mass is 32.1. The molecule has 0 atom stereocenters. The molecule has 29 heavy (non-hydrogen) atoms. The summed E-state index contributed by atoms with van der Waals surface area (Å²) in [6.45, 7) is 6.16. The van der Waals surface area contributed by atoms with Gasteiger partial charge in [-0.05, 0) is 45.1 Å².